The van der Waals surface area contributed by atoms with Gasteiger partial charge in [-0.15, -0.1) is 0 Å². The molecule has 1 fully saturated rings. The number of nitrogens with two attached hydrogens (primary N) is 1. The highest BCUT2D eigenvalue weighted by atomic mass is 19.1. The van der Waals surface area contributed by atoms with E-state index < -0.39 is 11.4 Å². The summed E-state index contributed by atoms with van der Waals surface area (Å²) in [6.07, 6.45) is 2.47. The zero-order valence-electron chi connectivity index (χ0n) is 13.7. The summed E-state index contributed by atoms with van der Waals surface area (Å²) in [7, 11) is 0. The fraction of sp³-hybridized carbons (Fsp3) is 0.263. The van der Waals surface area contributed by atoms with Crippen LogP contribution in [0.15, 0.2) is 42.5 Å². The van der Waals surface area contributed by atoms with Gasteiger partial charge in [0.25, 0.3) is 0 Å². The number of carbonyl (C=O) groups excluding carboxylic acids is 1. The van der Waals surface area contributed by atoms with Gasteiger partial charge in [-0.05, 0) is 55.2 Å². The standard InChI is InChI=1S/C19H19FN4O/c20-15-4-7-17(14(10-15)11-21)24-16-5-2-13(3-6-16)12-23-18(25)19(22)8-1-9-19/h2-7,10,24H,1,8-9,12,22H2,(H,23,25). The molecule has 1 amide bonds. The number of rotatable bonds is 5. The molecule has 0 unspecified atom stereocenters. The number of nitrogens with zero attached hydrogens (tertiary/aromatic N) is 1. The first kappa shape index (κ1) is 16.9. The first-order valence-electron chi connectivity index (χ1n) is 8.13. The third-order valence-corrected chi connectivity index (χ3v) is 4.49. The van der Waals surface area contributed by atoms with Crippen molar-refractivity contribution in [2.75, 3.05) is 5.32 Å². The molecule has 1 aliphatic rings. The molecular formula is C19H19FN4O. The first-order valence-corrected chi connectivity index (χ1v) is 8.13. The zero-order valence-corrected chi connectivity index (χ0v) is 13.7. The summed E-state index contributed by atoms with van der Waals surface area (Å²) in [6, 6.07) is 13.4. The van der Waals surface area contributed by atoms with Crippen LogP contribution in [0, 0.1) is 17.1 Å². The largest absolute Gasteiger partial charge is 0.354 e. The van der Waals surface area contributed by atoms with Crippen LogP contribution in [0.1, 0.15) is 30.4 Å². The smallest absolute Gasteiger partial charge is 0.240 e. The van der Waals surface area contributed by atoms with Crippen molar-refractivity contribution in [1.82, 2.24) is 5.32 Å². The maximum absolute atomic E-state index is 13.2. The number of carbonyl (C=O) groups is 1. The van der Waals surface area contributed by atoms with Gasteiger partial charge in [-0.2, -0.15) is 5.26 Å². The molecule has 0 radical (unpaired) electrons. The van der Waals surface area contributed by atoms with Crippen LogP contribution in [0.4, 0.5) is 15.8 Å². The fourth-order valence-electron chi connectivity index (χ4n) is 2.72. The average Bonchev–Trinajstić information content (AvgIpc) is 2.60. The summed E-state index contributed by atoms with van der Waals surface area (Å²) >= 11 is 0. The Balaban J connectivity index is 1.61. The lowest BCUT2D eigenvalue weighted by atomic mass is 9.77. The van der Waals surface area contributed by atoms with Crippen molar-refractivity contribution in [2.24, 2.45) is 5.73 Å². The van der Waals surface area contributed by atoms with E-state index in [1.54, 1.807) is 0 Å². The van der Waals surface area contributed by atoms with Crippen molar-refractivity contribution in [2.45, 2.75) is 31.3 Å². The molecular weight excluding hydrogens is 319 g/mol. The molecule has 0 aromatic heterocycles. The van der Waals surface area contributed by atoms with E-state index in [0.29, 0.717) is 12.2 Å². The Morgan fingerprint density at radius 3 is 2.56 bits per heavy atom. The van der Waals surface area contributed by atoms with Gasteiger partial charge in [0.2, 0.25) is 5.91 Å². The van der Waals surface area contributed by atoms with Gasteiger partial charge in [-0.3, -0.25) is 4.79 Å². The summed E-state index contributed by atoms with van der Waals surface area (Å²) in [5.41, 5.74) is 7.79. The van der Waals surface area contributed by atoms with Crippen molar-refractivity contribution in [3.63, 3.8) is 0 Å². The van der Waals surface area contributed by atoms with Crippen molar-refractivity contribution in [3.05, 3.63) is 59.4 Å². The second-order valence-electron chi connectivity index (χ2n) is 6.32. The molecule has 2 aromatic carbocycles. The van der Waals surface area contributed by atoms with Crippen LogP contribution in [0.25, 0.3) is 0 Å². The zero-order chi connectivity index (χ0) is 17.9. The van der Waals surface area contributed by atoms with Crippen LogP contribution in [-0.4, -0.2) is 11.4 Å². The molecule has 4 N–H and O–H groups in total. The number of nitrogens with one attached hydrogen (secondary N) is 2. The molecule has 0 heterocycles. The van der Waals surface area contributed by atoms with Crippen LogP contribution < -0.4 is 16.4 Å². The number of amides is 1. The first-order chi connectivity index (χ1) is 12.0. The molecule has 0 aliphatic heterocycles. The van der Waals surface area contributed by atoms with E-state index in [0.717, 1.165) is 30.5 Å². The van der Waals surface area contributed by atoms with Gasteiger partial charge in [0.1, 0.15) is 11.9 Å². The number of halogens is 1. The minimum Gasteiger partial charge on any atom is -0.354 e. The molecule has 1 saturated carbocycles. The van der Waals surface area contributed by atoms with Crippen LogP contribution in [0.5, 0.6) is 0 Å². The average molecular weight is 338 g/mol. The van der Waals surface area contributed by atoms with E-state index in [4.69, 9.17) is 11.0 Å². The number of nitriles is 1. The van der Waals surface area contributed by atoms with Gasteiger partial charge < -0.3 is 16.4 Å². The van der Waals surface area contributed by atoms with Crippen molar-refractivity contribution < 1.29 is 9.18 Å². The van der Waals surface area contributed by atoms with Gasteiger partial charge in [0, 0.05) is 12.2 Å². The number of anilines is 2. The van der Waals surface area contributed by atoms with Crippen molar-refractivity contribution in [1.29, 1.82) is 5.26 Å². The summed E-state index contributed by atoms with van der Waals surface area (Å²) in [5, 5.41) is 15.0. The third-order valence-electron chi connectivity index (χ3n) is 4.49. The molecule has 128 valence electrons. The lowest BCUT2D eigenvalue weighted by Crippen LogP contribution is -2.58. The van der Waals surface area contributed by atoms with Crippen LogP contribution >= 0.6 is 0 Å². The Hall–Kier alpha value is -2.91. The quantitative estimate of drug-likeness (QED) is 0.782. The highest BCUT2D eigenvalue weighted by Gasteiger charge is 2.39. The maximum Gasteiger partial charge on any atom is 0.240 e. The monoisotopic (exact) mass is 338 g/mol. The number of hydrogen-bond acceptors (Lipinski definition) is 4. The number of hydrogen-bond donors (Lipinski definition) is 3. The Morgan fingerprint density at radius 1 is 1.24 bits per heavy atom. The minimum absolute atomic E-state index is 0.106. The van der Waals surface area contributed by atoms with E-state index >= 15 is 0 Å². The molecule has 0 spiro atoms. The fourth-order valence-corrected chi connectivity index (χ4v) is 2.72. The van der Waals surface area contributed by atoms with E-state index in [1.165, 1.54) is 18.2 Å². The van der Waals surface area contributed by atoms with Crippen LogP contribution in [-0.2, 0) is 11.3 Å². The predicted molar refractivity (Wildman–Crippen MR) is 93.5 cm³/mol. The van der Waals surface area contributed by atoms with Gasteiger partial charge in [-0.1, -0.05) is 12.1 Å². The lowest BCUT2D eigenvalue weighted by molar-refractivity contribution is -0.129. The molecule has 0 saturated heterocycles. The molecule has 0 atom stereocenters. The second-order valence-corrected chi connectivity index (χ2v) is 6.32. The highest BCUT2D eigenvalue weighted by Crippen LogP contribution is 2.29. The van der Waals surface area contributed by atoms with Crippen molar-refractivity contribution in [3.8, 4) is 6.07 Å². The Bertz CT molecular complexity index is 822. The summed E-state index contributed by atoms with van der Waals surface area (Å²) in [6.45, 7) is 0.415. The molecule has 2 aromatic rings. The van der Waals surface area contributed by atoms with Gasteiger partial charge in [0.05, 0.1) is 16.8 Å². The second kappa shape index (κ2) is 6.91. The van der Waals surface area contributed by atoms with E-state index in [9.17, 15) is 9.18 Å². The molecule has 6 heteroatoms. The van der Waals surface area contributed by atoms with Gasteiger partial charge in [0.15, 0.2) is 0 Å². The van der Waals surface area contributed by atoms with Gasteiger partial charge >= 0.3 is 0 Å². The predicted octanol–water partition coefficient (Wildman–Crippen LogP) is 2.94. The van der Waals surface area contributed by atoms with Gasteiger partial charge in [-0.25, -0.2) is 4.39 Å². The molecule has 25 heavy (non-hydrogen) atoms. The van der Waals surface area contributed by atoms with E-state index in [-0.39, 0.29) is 11.5 Å². The lowest BCUT2D eigenvalue weighted by Gasteiger charge is -2.36. The molecule has 1 aliphatic carbocycles. The normalized spacial score (nSPS) is 14.9. The van der Waals surface area contributed by atoms with Crippen LogP contribution in [0.2, 0.25) is 0 Å². The summed E-state index contributed by atoms with van der Waals surface area (Å²) < 4.78 is 13.2. The third kappa shape index (κ3) is 3.78. The van der Waals surface area contributed by atoms with Crippen LogP contribution in [0.3, 0.4) is 0 Å². The Labute approximate surface area is 145 Å². The minimum atomic E-state index is -0.697. The molecule has 3 rings (SSSR count). The van der Waals surface area contributed by atoms with E-state index in [2.05, 4.69) is 10.6 Å². The Morgan fingerprint density at radius 2 is 1.96 bits per heavy atom. The maximum atomic E-state index is 13.2. The molecule has 0 bridgehead atoms. The Kier molecular flexibility index (Phi) is 4.68. The highest BCUT2D eigenvalue weighted by molar-refractivity contribution is 5.87. The molecule has 5 nitrogen and oxygen atoms in total. The summed E-state index contributed by atoms with van der Waals surface area (Å²) in [5.74, 6) is -0.553. The summed E-state index contributed by atoms with van der Waals surface area (Å²) in [4.78, 5) is 12.0. The van der Waals surface area contributed by atoms with E-state index in [1.807, 2.05) is 30.3 Å². The number of benzene rings is 2. The topological polar surface area (TPSA) is 90.9 Å². The SMILES string of the molecule is N#Cc1cc(F)ccc1Nc1ccc(CNC(=O)C2(N)CCC2)cc1. The van der Waals surface area contributed by atoms with Crippen molar-refractivity contribution >= 4 is 17.3 Å².